The zero-order valence-corrected chi connectivity index (χ0v) is 13.0. The lowest BCUT2D eigenvalue weighted by molar-refractivity contribution is -0.141. The minimum atomic E-state index is -4.50. The van der Waals surface area contributed by atoms with Crippen LogP contribution in [-0.4, -0.2) is 39.3 Å². The highest BCUT2D eigenvalue weighted by atomic mass is 19.4. The minimum absolute atomic E-state index is 0.0190. The molecule has 0 amide bonds. The molecule has 0 unspecified atom stereocenters. The maximum atomic E-state index is 12.7. The Morgan fingerprint density at radius 3 is 2.68 bits per heavy atom. The average Bonchev–Trinajstić information content (AvgIpc) is 2.62. The van der Waals surface area contributed by atoms with Crippen LogP contribution in [0.3, 0.4) is 0 Å². The Morgan fingerprint density at radius 2 is 2.00 bits per heavy atom. The first-order valence-electron chi connectivity index (χ1n) is 7.60. The topological polar surface area (TPSA) is 90.6 Å². The number of piperidine rings is 1. The Labute approximate surface area is 141 Å². The van der Waals surface area contributed by atoms with Crippen molar-refractivity contribution in [3.05, 3.63) is 35.9 Å². The van der Waals surface area contributed by atoms with Crippen LogP contribution in [0, 0.1) is 11.3 Å². The fraction of sp³-hybridized carbons (Fsp3) is 0.400. The first-order valence-corrected chi connectivity index (χ1v) is 7.60. The summed E-state index contributed by atoms with van der Waals surface area (Å²) in [5.74, 6) is 0.683. The molecule has 7 nitrogen and oxygen atoms in total. The van der Waals surface area contributed by atoms with Crippen LogP contribution in [0.5, 0.6) is 0 Å². The molecule has 0 saturated carbocycles. The molecule has 0 bridgehead atoms. The van der Waals surface area contributed by atoms with E-state index in [9.17, 15) is 13.2 Å². The normalized spacial score (nSPS) is 15.7. The molecule has 1 saturated heterocycles. The molecule has 10 heteroatoms. The summed E-state index contributed by atoms with van der Waals surface area (Å²) in [6.45, 7) is 1.23. The van der Waals surface area contributed by atoms with Gasteiger partial charge in [-0.3, -0.25) is 0 Å². The molecule has 0 spiro atoms. The Kier molecular flexibility index (Phi) is 4.65. The van der Waals surface area contributed by atoms with Crippen LogP contribution in [-0.2, 0) is 6.18 Å². The number of aromatic nitrogens is 4. The van der Waals surface area contributed by atoms with Gasteiger partial charge in [-0.15, -0.1) is 5.10 Å². The number of rotatable bonds is 3. The van der Waals surface area contributed by atoms with E-state index in [1.807, 2.05) is 4.90 Å². The molecule has 1 aliphatic heterocycles. The molecule has 2 aromatic rings. The number of hydrogen-bond donors (Lipinski definition) is 1. The fourth-order valence-electron chi connectivity index (χ4n) is 2.68. The largest absolute Gasteiger partial charge is 0.433 e. The van der Waals surface area contributed by atoms with E-state index < -0.39 is 11.9 Å². The molecular weight excluding hydrogens is 335 g/mol. The van der Waals surface area contributed by atoms with Crippen molar-refractivity contribution in [2.45, 2.75) is 25.1 Å². The van der Waals surface area contributed by atoms with E-state index in [1.165, 1.54) is 6.20 Å². The van der Waals surface area contributed by atoms with Gasteiger partial charge in [-0.2, -0.15) is 23.5 Å². The maximum absolute atomic E-state index is 12.7. The molecule has 25 heavy (non-hydrogen) atoms. The van der Waals surface area contributed by atoms with Gasteiger partial charge in [0.15, 0.2) is 5.82 Å². The van der Waals surface area contributed by atoms with Crippen molar-refractivity contribution in [3.63, 3.8) is 0 Å². The Balaban J connectivity index is 1.63. The van der Waals surface area contributed by atoms with E-state index in [4.69, 9.17) is 5.26 Å². The van der Waals surface area contributed by atoms with Gasteiger partial charge in [0.25, 0.3) is 0 Å². The number of alkyl halides is 3. The predicted octanol–water partition coefficient (Wildman–Crippen LogP) is 2.24. The molecule has 1 aliphatic rings. The van der Waals surface area contributed by atoms with Gasteiger partial charge in [-0.25, -0.2) is 9.97 Å². The molecule has 0 aromatic carbocycles. The SMILES string of the molecule is N#Cc1ccnnc1N1CCC(Nc2cc(C(F)(F)F)ncn2)CC1. The summed E-state index contributed by atoms with van der Waals surface area (Å²) >= 11 is 0. The molecule has 0 atom stereocenters. The summed E-state index contributed by atoms with van der Waals surface area (Å²) in [6, 6.07) is 4.57. The molecular formula is C15H14F3N7. The van der Waals surface area contributed by atoms with Crippen molar-refractivity contribution < 1.29 is 13.2 Å². The highest BCUT2D eigenvalue weighted by Crippen LogP contribution is 2.29. The summed E-state index contributed by atoms with van der Waals surface area (Å²) in [5.41, 5.74) is -0.521. The number of nitriles is 1. The standard InChI is InChI=1S/C15H14F3N7/c16-15(17,18)12-7-13(21-9-20-12)23-11-2-5-25(6-3-11)14-10(8-19)1-4-22-24-14/h1,4,7,9,11H,2-3,5-6H2,(H,20,21,23). The average molecular weight is 349 g/mol. The first kappa shape index (κ1) is 16.9. The lowest BCUT2D eigenvalue weighted by Gasteiger charge is -2.33. The van der Waals surface area contributed by atoms with E-state index in [1.54, 1.807) is 6.07 Å². The molecule has 3 rings (SSSR count). The summed E-state index contributed by atoms with van der Waals surface area (Å²) in [7, 11) is 0. The van der Waals surface area contributed by atoms with Gasteiger partial charge in [0, 0.05) is 25.2 Å². The van der Waals surface area contributed by atoms with Crippen LogP contribution in [0.4, 0.5) is 24.8 Å². The van der Waals surface area contributed by atoms with Gasteiger partial charge in [0.05, 0.1) is 11.8 Å². The molecule has 3 heterocycles. The molecule has 0 radical (unpaired) electrons. The van der Waals surface area contributed by atoms with Gasteiger partial charge < -0.3 is 10.2 Å². The third kappa shape index (κ3) is 3.93. The highest BCUT2D eigenvalue weighted by Gasteiger charge is 2.33. The fourth-order valence-corrected chi connectivity index (χ4v) is 2.68. The van der Waals surface area contributed by atoms with Gasteiger partial charge in [-0.1, -0.05) is 0 Å². The monoisotopic (exact) mass is 349 g/mol. The number of anilines is 2. The third-order valence-corrected chi connectivity index (χ3v) is 3.93. The van der Waals surface area contributed by atoms with Crippen molar-refractivity contribution in [2.24, 2.45) is 0 Å². The maximum Gasteiger partial charge on any atom is 0.433 e. The smallest absolute Gasteiger partial charge is 0.367 e. The van der Waals surface area contributed by atoms with E-state index >= 15 is 0 Å². The van der Waals surface area contributed by atoms with E-state index in [-0.39, 0.29) is 11.9 Å². The number of hydrogen-bond acceptors (Lipinski definition) is 7. The van der Waals surface area contributed by atoms with Crippen molar-refractivity contribution in [1.29, 1.82) is 5.26 Å². The zero-order chi connectivity index (χ0) is 17.9. The summed E-state index contributed by atoms with van der Waals surface area (Å²) < 4.78 is 38.1. The van der Waals surface area contributed by atoms with Gasteiger partial charge in [0.2, 0.25) is 0 Å². The van der Waals surface area contributed by atoms with E-state index in [2.05, 4.69) is 31.6 Å². The Morgan fingerprint density at radius 1 is 1.24 bits per heavy atom. The molecule has 0 aliphatic carbocycles. The van der Waals surface area contributed by atoms with E-state index in [0.29, 0.717) is 37.3 Å². The van der Waals surface area contributed by atoms with Gasteiger partial charge >= 0.3 is 6.18 Å². The molecule has 130 valence electrons. The molecule has 1 fully saturated rings. The predicted molar refractivity (Wildman–Crippen MR) is 82.6 cm³/mol. The molecule has 1 N–H and O–H groups in total. The lowest BCUT2D eigenvalue weighted by atomic mass is 10.0. The molecule has 2 aromatic heterocycles. The third-order valence-electron chi connectivity index (χ3n) is 3.93. The van der Waals surface area contributed by atoms with Crippen LogP contribution in [0.2, 0.25) is 0 Å². The first-order chi connectivity index (χ1) is 12.0. The quantitative estimate of drug-likeness (QED) is 0.909. The van der Waals surface area contributed by atoms with E-state index in [0.717, 1.165) is 12.4 Å². The van der Waals surface area contributed by atoms with Crippen molar-refractivity contribution in [3.8, 4) is 6.07 Å². The minimum Gasteiger partial charge on any atom is -0.367 e. The summed E-state index contributed by atoms with van der Waals surface area (Å²) in [4.78, 5) is 9.04. The Bertz CT molecular complexity index is 779. The number of nitrogens with zero attached hydrogens (tertiary/aromatic N) is 6. The highest BCUT2D eigenvalue weighted by molar-refractivity contribution is 5.53. The van der Waals surface area contributed by atoms with Crippen LogP contribution in [0.1, 0.15) is 24.1 Å². The zero-order valence-electron chi connectivity index (χ0n) is 13.0. The van der Waals surface area contributed by atoms with Gasteiger partial charge in [-0.05, 0) is 18.9 Å². The summed E-state index contributed by atoms with van der Waals surface area (Å²) in [5, 5.41) is 20.0. The van der Waals surface area contributed by atoms with Crippen molar-refractivity contribution in [2.75, 3.05) is 23.3 Å². The second-order valence-electron chi connectivity index (χ2n) is 5.57. The van der Waals surface area contributed by atoms with Crippen molar-refractivity contribution >= 4 is 11.6 Å². The Hall–Kier alpha value is -2.96. The van der Waals surface area contributed by atoms with Gasteiger partial charge in [0.1, 0.15) is 23.9 Å². The summed E-state index contributed by atoms with van der Waals surface area (Å²) in [6.07, 6.45) is -0.787. The van der Waals surface area contributed by atoms with Crippen LogP contribution in [0.25, 0.3) is 0 Å². The van der Waals surface area contributed by atoms with Crippen molar-refractivity contribution in [1.82, 2.24) is 20.2 Å². The second kappa shape index (κ2) is 6.88. The van der Waals surface area contributed by atoms with Crippen LogP contribution < -0.4 is 10.2 Å². The second-order valence-corrected chi connectivity index (χ2v) is 5.57. The number of halogens is 3. The number of nitrogens with one attached hydrogen (secondary N) is 1. The van der Waals surface area contributed by atoms with Crippen LogP contribution in [0.15, 0.2) is 24.7 Å². The van der Waals surface area contributed by atoms with Crippen LogP contribution >= 0.6 is 0 Å². The lowest BCUT2D eigenvalue weighted by Crippen LogP contribution is -2.40.